The standard InChI is InChI=1S/C27H46F2N2O2Si/c1-18(2)34(19(3)4,20(5)6)32-16-26(29)33-25-14-13-21(15-22(25)28)31-17-27(7,8)30-23-11-9-10-12-24(23)31/h13-15,18-20,23-24,26,30H,9-12,16-17H2,1-8H3/t23-,24-,26?/m0/s1. The van der Waals surface area contributed by atoms with Crippen LogP contribution in [-0.4, -0.2) is 45.4 Å². The molecule has 2 fully saturated rings. The molecule has 1 saturated carbocycles. The Hall–Kier alpha value is -1.18. The van der Waals surface area contributed by atoms with Crippen molar-refractivity contribution in [3.8, 4) is 5.75 Å². The summed E-state index contributed by atoms with van der Waals surface area (Å²) in [5, 5.41) is 3.78. The molecule has 194 valence electrons. The van der Waals surface area contributed by atoms with Crippen molar-refractivity contribution in [1.82, 2.24) is 5.32 Å². The minimum absolute atomic E-state index is 0.0504. The number of alkyl halides is 1. The molecule has 2 aliphatic rings. The first kappa shape index (κ1) is 27.4. The van der Waals surface area contributed by atoms with Crippen LogP contribution < -0.4 is 15.0 Å². The van der Waals surface area contributed by atoms with Gasteiger partial charge in [0.15, 0.2) is 11.6 Å². The highest BCUT2D eigenvalue weighted by Gasteiger charge is 2.45. The van der Waals surface area contributed by atoms with Crippen LogP contribution in [0.1, 0.15) is 81.1 Å². The molecular weight excluding hydrogens is 450 g/mol. The van der Waals surface area contributed by atoms with E-state index in [1.165, 1.54) is 18.9 Å². The molecule has 0 bridgehead atoms. The van der Waals surface area contributed by atoms with Gasteiger partial charge in [0.05, 0.1) is 0 Å². The van der Waals surface area contributed by atoms with Gasteiger partial charge in [0.2, 0.25) is 8.32 Å². The zero-order valence-electron chi connectivity index (χ0n) is 22.5. The minimum atomic E-state index is -2.21. The van der Waals surface area contributed by atoms with E-state index in [2.05, 4.69) is 65.6 Å². The van der Waals surface area contributed by atoms with E-state index in [1.54, 1.807) is 6.07 Å². The quantitative estimate of drug-likeness (QED) is 0.367. The van der Waals surface area contributed by atoms with Gasteiger partial charge in [-0.1, -0.05) is 54.4 Å². The van der Waals surface area contributed by atoms with Gasteiger partial charge >= 0.3 is 0 Å². The van der Waals surface area contributed by atoms with Crippen molar-refractivity contribution in [2.24, 2.45) is 0 Å². The lowest BCUT2D eigenvalue weighted by molar-refractivity contribution is 0.0139. The summed E-state index contributed by atoms with van der Waals surface area (Å²) in [5.74, 6) is -0.579. The van der Waals surface area contributed by atoms with E-state index in [0.717, 1.165) is 25.1 Å². The Morgan fingerprint density at radius 2 is 1.68 bits per heavy atom. The van der Waals surface area contributed by atoms with E-state index in [0.29, 0.717) is 28.7 Å². The third kappa shape index (κ3) is 5.79. The molecule has 3 atom stereocenters. The van der Waals surface area contributed by atoms with Crippen LogP contribution in [0.25, 0.3) is 0 Å². The van der Waals surface area contributed by atoms with Crippen molar-refractivity contribution in [3.63, 3.8) is 0 Å². The van der Waals surface area contributed by atoms with Gasteiger partial charge in [0.1, 0.15) is 6.61 Å². The summed E-state index contributed by atoms with van der Waals surface area (Å²) in [6.07, 6.45) is 2.97. The Kier molecular flexibility index (Phi) is 8.73. The first-order valence-electron chi connectivity index (χ1n) is 13.2. The molecular formula is C27H46F2N2O2Si. The molecule has 0 aromatic heterocycles. The SMILES string of the molecule is CC(C)[Si](OCC(F)Oc1ccc(N2CC(C)(C)N[C@H]3CCCC[C@@H]32)cc1F)(C(C)C)C(C)C. The van der Waals surface area contributed by atoms with Gasteiger partial charge in [0.25, 0.3) is 6.36 Å². The number of halogens is 2. The van der Waals surface area contributed by atoms with E-state index in [-0.39, 0.29) is 17.9 Å². The maximum atomic E-state index is 15.1. The second-order valence-electron chi connectivity index (χ2n) is 11.9. The van der Waals surface area contributed by atoms with Gasteiger partial charge in [-0.15, -0.1) is 0 Å². The van der Waals surface area contributed by atoms with Crippen molar-refractivity contribution < 1.29 is 17.9 Å². The van der Waals surface area contributed by atoms with Crippen LogP contribution >= 0.6 is 0 Å². The number of hydrogen-bond acceptors (Lipinski definition) is 4. The molecule has 1 N–H and O–H groups in total. The van der Waals surface area contributed by atoms with Gasteiger partial charge in [-0.25, -0.2) is 4.39 Å². The van der Waals surface area contributed by atoms with Crippen LogP contribution in [0.4, 0.5) is 14.5 Å². The average molecular weight is 497 g/mol. The Morgan fingerprint density at radius 3 is 2.26 bits per heavy atom. The van der Waals surface area contributed by atoms with E-state index in [1.807, 2.05) is 6.07 Å². The topological polar surface area (TPSA) is 33.7 Å². The second-order valence-corrected chi connectivity index (χ2v) is 17.3. The molecule has 0 amide bonds. The molecule has 1 heterocycles. The third-order valence-electron chi connectivity index (χ3n) is 7.95. The monoisotopic (exact) mass is 496 g/mol. The average Bonchev–Trinajstić information content (AvgIpc) is 2.73. The molecule has 34 heavy (non-hydrogen) atoms. The van der Waals surface area contributed by atoms with Gasteiger partial charge in [-0.2, -0.15) is 4.39 Å². The van der Waals surface area contributed by atoms with Gasteiger partial charge < -0.3 is 19.4 Å². The van der Waals surface area contributed by atoms with Crippen LogP contribution in [0.3, 0.4) is 0 Å². The van der Waals surface area contributed by atoms with Gasteiger partial charge in [-0.05, 0) is 55.4 Å². The van der Waals surface area contributed by atoms with Crippen LogP contribution in [0, 0.1) is 5.82 Å². The number of ether oxygens (including phenoxy) is 1. The van der Waals surface area contributed by atoms with Crippen LogP contribution in [0.15, 0.2) is 18.2 Å². The molecule has 4 nitrogen and oxygen atoms in total. The third-order valence-corrected chi connectivity index (χ3v) is 14.0. The molecule has 1 saturated heterocycles. The lowest BCUT2D eigenvalue weighted by Crippen LogP contribution is -2.67. The van der Waals surface area contributed by atoms with E-state index in [4.69, 9.17) is 9.16 Å². The molecule has 1 aromatic carbocycles. The smallest absolute Gasteiger partial charge is 0.260 e. The minimum Gasteiger partial charge on any atom is -0.455 e. The molecule has 1 aromatic rings. The summed E-state index contributed by atoms with van der Waals surface area (Å²) in [7, 11) is -2.21. The van der Waals surface area contributed by atoms with Crippen molar-refractivity contribution >= 4 is 14.0 Å². The molecule has 1 aliphatic heterocycles. The van der Waals surface area contributed by atoms with Crippen LogP contribution in [-0.2, 0) is 4.43 Å². The predicted molar refractivity (Wildman–Crippen MR) is 140 cm³/mol. The number of piperazine rings is 1. The highest BCUT2D eigenvalue weighted by molar-refractivity contribution is 6.77. The molecule has 0 spiro atoms. The van der Waals surface area contributed by atoms with Crippen molar-refractivity contribution in [3.05, 3.63) is 24.0 Å². The normalized spacial score (nSPS) is 24.0. The zero-order chi connectivity index (χ0) is 25.3. The number of nitrogens with one attached hydrogen (secondary N) is 1. The van der Waals surface area contributed by atoms with Crippen LogP contribution in [0.5, 0.6) is 5.75 Å². The van der Waals surface area contributed by atoms with E-state index < -0.39 is 20.5 Å². The maximum Gasteiger partial charge on any atom is 0.260 e. The molecule has 1 aliphatic carbocycles. The predicted octanol–water partition coefficient (Wildman–Crippen LogP) is 7.19. The van der Waals surface area contributed by atoms with Crippen molar-refractivity contribution in [1.29, 1.82) is 0 Å². The summed E-state index contributed by atoms with van der Waals surface area (Å²) in [4.78, 5) is 2.33. The number of anilines is 1. The van der Waals surface area contributed by atoms with E-state index >= 15 is 4.39 Å². The summed E-state index contributed by atoms with van der Waals surface area (Å²) < 4.78 is 41.6. The first-order chi connectivity index (χ1) is 15.9. The lowest BCUT2D eigenvalue weighted by Gasteiger charge is -2.52. The fourth-order valence-corrected chi connectivity index (χ4v) is 12.1. The number of fused-ring (bicyclic) bond motifs is 1. The fraction of sp³-hybridized carbons (Fsp3) is 0.778. The summed E-state index contributed by atoms with van der Waals surface area (Å²) in [5.41, 5.74) is 1.84. The Morgan fingerprint density at radius 1 is 1.06 bits per heavy atom. The molecule has 7 heteroatoms. The highest BCUT2D eigenvalue weighted by atomic mass is 28.4. The first-order valence-corrected chi connectivity index (χ1v) is 15.3. The summed E-state index contributed by atoms with van der Waals surface area (Å²) >= 11 is 0. The lowest BCUT2D eigenvalue weighted by atomic mass is 9.83. The number of hydrogen-bond donors (Lipinski definition) is 1. The molecule has 3 rings (SSSR count). The molecule has 0 radical (unpaired) electrons. The Bertz CT molecular complexity index is 796. The van der Waals surface area contributed by atoms with Crippen molar-refractivity contribution in [2.45, 2.75) is 122 Å². The Labute approximate surface area is 206 Å². The largest absolute Gasteiger partial charge is 0.455 e. The number of rotatable bonds is 9. The van der Waals surface area contributed by atoms with E-state index in [9.17, 15) is 4.39 Å². The second kappa shape index (κ2) is 10.8. The van der Waals surface area contributed by atoms with Crippen molar-refractivity contribution in [2.75, 3.05) is 18.1 Å². The summed E-state index contributed by atoms with van der Waals surface area (Å²) in [6, 6.07) is 5.72. The maximum absolute atomic E-state index is 15.1. The number of nitrogens with zero attached hydrogens (tertiary/aromatic N) is 1. The summed E-state index contributed by atoms with van der Waals surface area (Å²) in [6.45, 7) is 18.0. The van der Waals surface area contributed by atoms with Crippen LogP contribution in [0.2, 0.25) is 16.6 Å². The van der Waals surface area contributed by atoms with Gasteiger partial charge in [0, 0.05) is 35.9 Å². The highest BCUT2D eigenvalue weighted by Crippen LogP contribution is 2.42. The fourth-order valence-electron chi connectivity index (χ4n) is 6.67. The van der Waals surface area contributed by atoms with Gasteiger partial charge in [-0.3, -0.25) is 0 Å². The molecule has 1 unspecified atom stereocenters. The Balaban J connectivity index is 1.70. The number of benzene rings is 1. The zero-order valence-corrected chi connectivity index (χ0v) is 23.5.